The van der Waals surface area contributed by atoms with Gasteiger partial charge in [-0.05, 0) is 19.3 Å². The van der Waals surface area contributed by atoms with E-state index in [1.54, 1.807) is 0 Å². The van der Waals surface area contributed by atoms with E-state index < -0.39 is 0 Å². The van der Waals surface area contributed by atoms with E-state index in [1.165, 1.54) is 19.3 Å². The molecule has 0 spiro atoms. The van der Waals surface area contributed by atoms with Gasteiger partial charge in [-0.2, -0.15) is 0 Å². The Labute approximate surface area is 49.7 Å². The van der Waals surface area contributed by atoms with Gasteiger partial charge in [-0.25, -0.2) is 0 Å². The van der Waals surface area contributed by atoms with Crippen LogP contribution in [0.1, 0.15) is 19.3 Å². The standard InChI is InChI=1S/C6H12N2/c1-2-6-3-5(1)7-4-8-6/h5-8H,1-4H2. The zero-order valence-electron chi connectivity index (χ0n) is 4.98. The van der Waals surface area contributed by atoms with E-state index in [2.05, 4.69) is 10.6 Å². The lowest BCUT2D eigenvalue weighted by molar-refractivity contribution is 0.393. The van der Waals surface area contributed by atoms with Crippen molar-refractivity contribution >= 4 is 0 Å². The van der Waals surface area contributed by atoms with Crippen LogP contribution < -0.4 is 10.6 Å². The Kier molecular flexibility index (Phi) is 1.02. The molecule has 0 aromatic heterocycles. The minimum atomic E-state index is 0.848. The first-order valence-electron chi connectivity index (χ1n) is 3.42. The van der Waals surface area contributed by atoms with E-state index >= 15 is 0 Å². The van der Waals surface area contributed by atoms with Crippen molar-refractivity contribution in [1.29, 1.82) is 0 Å². The van der Waals surface area contributed by atoms with Gasteiger partial charge in [0.25, 0.3) is 0 Å². The van der Waals surface area contributed by atoms with E-state index in [1.807, 2.05) is 0 Å². The molecule has 1 aliphatic carbocycles. The van der Waals surface area contributed by atoms with Gasteiger partial charge in [-0.1, -0.05) is 0 Å². The van der Waals surface area contributed by atoms with Crippen molar-refractivity contribution in [2.45, 2.75) is 31.3 Å². The highest BCUT2D eigenvalue weighted by molar-refractivity contribution is 4.88. The third-order valence-corrected chi connectivity index (χ3v) is 2.21. The van der Waals surface area contributed by atoms with Gasteiger partial charge in [0.1, 0.15) is 0 Å². The minimum absolute atomic E-state index is 0.848. The fraction of sp³-hybridized carbons (Fsp3) is 1.00. The SMILES string of the molecule is C1NC2CCC(C2)N1. The van der Waals surface area contributed by atoms with Crippen LogP contribution in [0.5, 0.6) is 0 Å². The van der Waals surface area contributed by atoms with Crippen molar-refractivity contribution in [2.75, 3.05) is 6.67 Å². The lowest BCUT2D eigenvalue weighted by Crippen LogP contribution is -2.44. The average Bonchev–Trinajstić information content (AvgIpc) is 2.12. The largest absolute Gasteiger partial charge is 0.302 e. The summed E-state index contributed by atoms with van der Waals surface area (Å²) in [6, 6.07) is 1.70. The van der Waals surface area contributed by atoms with Gasteiger partial charge in [0.2, 0.25) is 0 Å². The second-order valence-corrected chi connectivity index (χ2v) is 2.79. The molecular formula is C6H12N2. The Hall–Kier alpha value is -0.0800. The van der Waals surface area contributed by atoms with E-state index in [0.29, 0.717) is 0 Å². The number of nitrogens with one attached hydrogen (secondary N) is 2. The molecule has 0 amide bonds. The van der Waals surface area contributed by atoms with E-state index in [-0.39, 0.29) is 0 Å². The molecule has 46 valence electrons. The van der Waals surface area contributed by atoms with Crippen LogP contribution in [0, 0.1) is 0 Å². The number of fused-ring (bicyclic) bond motifs is 2. The number of rotatable bonds is 0. The first-order chi connectivity index (χ1) is 3.95. The lowest BCUT2D eigenvalue weighted by Gasteiger charge is -2.20. The lowest BCUT2D eigenvalue weighted by atomic mass is 10.2. The number of hydrogen-bond donors (Lipinski definition) is 2. The summed E-state index contributed by atoms with van der Waals surface area (Å²) in [5, 5.41) is 6.80. The van der Waals surface area contributed by atoms with Crippen LogP contribution in [0.2, 0.25) is 0 Å². The van der Waals surface area contributed by atoms with Crippen LogP contribution in [0.4, 0.5) is 0 Å². The molecule has 0 radical (unpaired) electrons. The van der Waals surface area contributed by atoms with Gasteiger partial charge >= 0.3 is 0 Å². The zero-order valence-corrected chi connectivity index (χ0v) is 4.98. The Bertz CT molecular complexity index is 78.5. The predicted octanol–water partition coefficient (Wildman–Crippen LogP) is 0.0578. The molecule has 2 heteroatoms. The zero-order chi connectivity index (χ0) is 5.40. The summed E-state index contributed by atoms with van der Waals surface area (Å²) in [7, 11) is 0. The molecule has 8 heavy (non-hydrogen) atoms. The van der Waals surface area contributed by atoms with E-state index in [0.717, 1.165) is 18.8 Å². The van der Waals surface area contributed by atoms with Gasteiger partial charge in [-0.15, -0.1) is 0 Å². The monoisotopic (exact) mass is 112 g/mol. The quantitative estimate of drug-likeness (QED) is 0.463. The van der Waals surface area contributed by atoms with Crippen molar-refractivity contribution in [3.8, 4) is 0 Å². The molecule has 2 rings (SSSR count). The molecule has 0 aromatic rings. The van der Waals surface area contributed by atoms with E-state index in [4.69, 9.17) is 0 Å². The van der Waals surface area contributed by atoms with Gasteiger partial charge in [0.05, 0.1) is 0 Å². The maximum absolute atomic E-state index is 3.40. The van der Waals surface area contributed by atoms with Crippen LogP contribution in [0.3, 0.4) is 0 Å². The molecule has 1 aliphatic heterocycles. The summed E-state index contributed by atoms with van der Waals surface area (Å²) < 4.78 is 0. The molecule has 1 saturated heterocycles. The first kappa shape index (κ1) is 4.77. The Balaban J connectivity index is 2.03. The van der Waals surface area contributed by atoms with Crippen LogP contribution >= 0.6 is 0 Å². The predicted molar refractivity (Wildman–Crippen MR) is 32.6 cm³/mol. The smallest absolute Gasteiger partial charge is 0.0458 e. The molecule has 2 bridgehead atoms. The summed E-state index contributed by atoms with van der Waals surface area (Å²) in [5.74, 6) is 0. The fourth-order valence-corrected chi connectivity index (χ4v) is 1.70. The van der Waals surface area contributed by atoms with E-state index in [9.17, 15) is 0 Å². The molecule has 0 aromatic carbocycles. The Morgan fingerprint density at radius 2 is 1.62 bits per heavy atom. The normalized spacial score (nSPS) is 45.0. The van der Waals surface area contributed by atoms with Crippen molar-refractivity contribution in [3.63, 3.8) is 0 Å². The van der Waals surface area contributed by atoms with Crippen molar-refractivity contribution in [1.82, 2.24) is 10.6 Å². The summed E-state index contributed by atoms with van der Waals surface area (Å²) in [5.41, 5.74) is 0. The highest BCUT2D eigenvalue weighted by atomic mass is 15.1. The Morgan fingerprint density at radius 1 is 1.00 bits per heavy atom. The summed E-state index contributed by atoms with van der Waals surface area (Å²) in [6.07, 6.45) is 4.13. The maximum Gasteiger partial charge on any atom is 0.0458 e. The summed E-state index contributed by atoms with van der Waals surface area (Å²) in [6.45, 7) is 1.04. The van der Waals surface area contributed by atoms with Gasteiger partial charge in [-0.3, -0.25) is 0 Å². The highest BCUT2D eigenvalue weighted by Crippen LogP contribution is 2.20. The molecule has 1 heterocycles. The average molecular weight is 112 g/mol. The summed E-state index contributed by atoms with van der Waals surface area (Å²) >= 11 is 0. The first-order valence-corrected chi connectivity index (χ1v) is 3.42. The van der Waals surface area contributed by atoms with Crippen molar-refractivity contribution in [3.05, 3.63) is 0 Å². The molecule has 2 nitrogen and oxygen atoms in total. The molecule has 1 saturated carbocycles. The molecule has 2 fully saturated rings. The molecule has 2 N–H and O–H groups in total. The van der Waals surface area contributed by atoms with Gasteiger partial charge < -0.3 is 10.6 Å². The Morgan fingerprint density at radius 3 is 2.12 bits per heavy atom. The van der Waals surface area contributed by atoms with Gasteiger partial charge in [0, 0.05) is 18.8 Å². The maximum atomic E-state index is 3.40. The third-order valence-electron chi connectivity index (χ3n) is 2.21. The molecule has 2 atom stereocenters. The van der Waals surface area contributed by atoms with Crippen LogP contribution in [-0.2, 0) is 0 Å². The number of hydrogen-bond acceptors (Lipinski definition) is 2. The van der Waals surface area contributed by atoms with Crippen molar-refractivity contribution < 1.29 is 0 Å². The van der Waals surface area contributed by atoms with Crippen LogP contribution in [-0.4, -0.2) is 18.8 Å². The highest BCUT2D eigenvalue weighted by Gasteiger charge is 2.26. The van der Waals surface area contributed by atoms with Crippen LogP contribution in [0.15, 0.2) is 0 Å². The van der Waals surface area contributed by atoms with Crippen molar-refractivity contribution in [2.24, 2.45) is 0 Å². The summed E-state index contributed by atoms with van der Waals surface area (Å²) in [4.78, 5) is 0. The topological polar surface area (TPSA) is 24.1 Å². The van der Waals surface area contributed by atoms with Gasteiger partial charge in [0.15, 0.2) is 0 Å². The molecule has 2 aliphatic rings. The molecule has 2 unspecified atom stereocenters. The van der Waals surface area contributed by atoms with Crippen LogP contribution in [0.25, 0.3) is 0 Å². The second kappa shape index (κ2) is 1.71. The third kappa shape index (κ3) is 0.644. The minimum Gasteiger partial charge on any atom is -0.302 e. The second-order valence-electron chi connectivity index (χ2n) is 2.79. The fourth-order valence-electron chi connectivity index (χ4n) is 1.70. The molecular weight excluding hydrogens is 100 g/mol.